The zero-order chi connectivity index (χ0) is 20.5. The van der Waals surface area contributed by atoms with Gasteiger partial charge in [-0.2, -0.15) is 0 Å². The molecule has 0 aliphatic heterocycles. The van der Waals surface area contributed by atoms with Crippen LogP contribution >= 0.6 is 0 Å². The molecule has 0 saturated heterocycles. The molecule has 0 bridgehead atoms. The first-order chi connectivity index (χ1) is 12.5. The SMILES string of the molecule is CCC(C)(C)CCCCCCc1cc(CCCCC(C)(C)C)c(O)cc1O. The van der Waals surface area contributed by atoms with Gasteiger partial charge in [-0.25, -0.2) is 0 Å². The van der Waals surface area contributed by atoms with E-state index in [0.717, 1.165) is 36.8 Å². The molecule has 0 aliphatic carbocycles. The van der Waals surface area contributed by atoms with E-state index in [0.29, 0.717) is 10.8 Å². The summed E-state index contributed by atoms with van der Waals surface area (Å²) in [5, 5.41) is 20.3. The third-order valence-electron chi connectivity index (χ3n) is 5.91. The number of benzene rings is 1. The summed E-state index contributed by atoms with van der Waals surface area (Å²) in [5.74, 6) is 0.492. The molecule has 0 atom stereocenters. The fourth-order valence-corrected chi connectivity index (χ4v) is 3.49. The normalized spacial score (nSPS) is 12.5. The summed E-state index contributed by atoms with van der Waals surface area (Å²) in [6.45, 7) is 13.8. The van der Waals surface area contributed by atoms with Crippen LogP contribution in [0, 0.1) is 10.8 Å². The van der Waals surface area contributed by atoms with Gasteiger partial charge in [0.1, 0.15) is 11.5 Å². The first-order valence-corrected chi connectivity index (χ1v) is 11.1. The number of phenolic OH excluding ortho intramolecular Hbond substituents is 2. The van der Waals surface area contributed by atoms with Gasteiger partial charge in [0.2, 0.25) is 0 Å². The average molecular weight is 377 g/mol. The van der Waals surface area contributed by atoms with Crippen molar-refractivity contribution in [1.29, 1.82) is 0 Å². The highest BCUT2D eigenvalue weighted by Crippen LogP contribution is 2.31. The lowest BCUT2D eigenvalue weighted by Crippen LogP contribution is -2.08. The lowest BCUT2D eigenvalue weighted by Gasteiger charge is -2.22. The molecule has 1 aromatic rings. The summed E-state index contributed by atoms with van der Waals surface area (Å²) in [7, 11) is 0. The van der Waals surface area contributed by atoms with Gasteiger partial charge < -0.3 is 10.2 Å². The quantitative estimate of drug-likeness (QED) is 0.365. The van der Waals surface area contributed by atoms with E-state index >= 15 is 0 Å². The van der Waals surface area contributed by atoms with Crippen molar-refractivity contribution in [2.45, 2.75) is 112 Å². The molecule has 1 aromatic carbocycles. The second-order valence-corrected chi connectivity index (χ2v) is 10.3. The summed E-state index contributed by atoms with van der Waals surface area (Å²) >= 11 is 0. The predicted octanol–water partition coefficient (Wildman–Crippen LogP) is 7.79. The van der Waals surface area contributed by atoms with Crippen molar-refractivity contribution in [1.82, 2.24) is 0 Å². The second kappa shape index (κ2) is 11.0. The molecule has 0 saturated carbocycles. The first kappa shape index (κ1) is 23.9. The lowest BCUT2D eigenvalue weighted by atomic mass is 9.84. The number of aryl methyl sites for hydroxylation is 2. The fourth-order valence-electron chi connectivity index (χ4n) is 3.49. The summed E-state index contributed by atoms with van der Waals surface area (Å²) in [4.78, 5) is 0. The number of aromatic hydroxyl groups is 2. The topological polar surface area (TPSA) is 40.5 Å². The number of unbranched alkanes of at least 4 members (excludes halogenated alkanes) is 4. The standard InChI is InChI=1S/C25H44O2/c1-7-25(5,6)17-12-9-8-10-14-20-18-21(23(27)19-22(20)26)15-11-13-16-24(2,3)4/h18-19,26-27H,7-17H2,1-6H3. The van der Waals surface area contributed by atoms with Crippen LogP contribution in [-0.4, -0.2) is 10.2 Å². The minimum absolute atomic E-state index is 0.244. The van der Waals surface area contributed by atoms with Crippen molar-refractivity contribution in [3.63, 3.8) is 0 Å². The van der Waals surface area contributed by atoms with E-state index < -0.39 is 0 Å². The van der Waals surface area contributed by atoms with Gasteiger partial charge in [0.05, 0.1) is 0 Å². The van der Waals surface area contributed by atoms with Crippen LogP contribution in [0.3, 0.4) is 0 Å². The molecule has 0 aliphatic rings. The van der Waals surface area contributed by atoms with Crippen LogP contribution in [0.5, 0.6) is 11.5 Å². The van der Waals surface area contributed by atoms with Gasteiger partial charge in [-0.05, 0) is 66.5 Å². The Morgan fingerprint density at radius 1 is 0.667 bits per heavy atom. The van der Waals surface area contributed by atoms with Crippen molar-refractivity contribution in [3.05, 3.63) is 23.3 Å². The molecule has 2 heteroatoms. The van der Waals surface area contributed by atoms with Crippen molar-refractivity contribution in [2.75, 3.05) is 0 Å². The van der Waals surface area contributed by atoms with Gasteiger partial charge >= 0.3 is 0 Å². The molecule has 0 fully saturated rings. The number of hydrogen-bond donors (Lipinski definition) is 2. The van der Waals surface area contributed by atoms with Gasteiger partial charge in [0.15, 0.2) is 0 Å². The molecule has 0 unspecified atom stereocenters. The van der Waals surface area contributed by atoms with E-state index in [2.05, 4.69) is 41.5 Å². The van der Waals surface area contributed by atoms with E-state index in [1.807, 2.05) is 6.07 Å². The maximum atomic E-state index is 10.2. The molecule has 156 valence electrons. The Labute approximate surface area is 168 Å². The molecule has 0 aromatic heterocycles. The van der Waals surface area contributed by atoms with Crippen LogP contribution in [0.25, 0.3) is 0 Å². The van der Waals surface area contributed by atoms with E-state index in [9.17, 15) is 10.2 Å². The maximum absolute atomic E-state index is 10.2. The largest absolute Gasteiger partial charge is 0.508 e. The Kier molecular flexibility index (Phi) is 9.70. The molecule has 1 rings (SSSR count). The first-order valence-electron chi connectivity index (χ1n) is 11.1. The smallest absolute Gasteiger partial charge is 0.122 e. The van der Waals surface area contributed by atoms with Crippen LogP contribution in [0.15, 0.2) is 12.1 Å². The summed E-state index contributed by atoms with van der Waals surface area (Å²) in [6, 6.07) is 3.57. The highest BCUT2D eigenvalue weighted by atomic mass is 16.3. The molecule has 2 nitrogen and oxygen atoms in total. The van der Waals surface area contributed by atoms with Crippen molar-refractivity contribution >= 4 is 0 Å². The number of hydrogen-bond acceptors (Lipinski definition) is 2. The van der Waals surface area contributed by atoms with E-state index in [1.54, 1.807) is 0 Å². The van der Waals surface area contributed by atoms with Crippen LogP contribution in [-0.2, 0) is 12.8 Å². The number of rotatable bonds is 12. The fraction of sp³-hybridized carbons (Fsp3) is 0.760. The van der Waals surface area contributed by atoms with Gasteiger partial charge in [0, 0.05) is 6.07 Å². The zero-order valence-electron chi connectivity index (χ0n) is 18.8. The van der Waals surface area contributed by atoms with Crippen molar-refractivity contribution in [2.24, 2.45) is 10.8 Å². The minimum atomic E-state index is 0.244. The molecular weight excluding hydrogens is 332 g/mol. The van der Waals surface area contributed by atoms with Gasteiger partial charge in [0.25, 0.3) is 0 Å². The minimum Gasteiger partial charge on any atom is -0.508 e. The van der Waals surface area contributed by atoms with Crippen LogP contribution in [0.1, 0.15) is 110 Å². The van der Waals surface area contributed by atoms with Crippen molar-refractivity contribution in [3.8, 4) is 11.5 Å². The Morgan fingerprint density at radius 2 is 1.15 bits per heavy atom. The molecular formula is C25H44O2. The predicted molar refractivity (Wildman–Crippen MR) is 118 cm³/mol. The molecule has 0 radical (unpaired) electrons. The highest BCUT2D eigenvalue weighted by molar-refractivity contribution is 5.45. The monoisotopic (exact) mass is 376 g/mol. The van der Waals surface area contributed by atoms with Gasteiger partial charge in [-0.3, -0.25) is 0 Å². The van der Waals surface area contributed by atoms with Crippen LogP contribution in [0.4, 0.5) is 0 Å². The number of phenols is 2. The Balaban J connectivity index is 2.42. The Hall–Kier alpha value is -1.18. The Morgan fingerprint density at radius 3 is 1.67 bits per heavy atom. The molecule has 2 N–H and O–H groups in total. The van der Waals surface area contributed by atoms with Crippen LogP contribution in [0.2, 0.25) is 0 Å². The molecule has 27 heavy (non-hydrogen) atoms. The van der Waals surface area contributed by atoms with Gasteiger partial charge in [-0.15, -0.1) is 0 Å². The summed E-state index contributed by atoms with van der Waals surface area (Å²) in [5.41, 5.74) is 2.82. The summed E-state index contributed by atoms with van der Waals surface area (Å²) < 4.78 is 0. The molecule has 0 heterocycles. The zero-order valence-corrected chi connectivity index (χ0v) is 18.8. The summed E-state index contributed by atoms with van der Waals surface area (Å²) in [6.07, 6.45) is 12.7. The van der Waals surface area contributed by atoms with E-state index in [4.69, 9.17) is 0 Å². The highest BCUT2D eigenvalue weighted by Gasteiger charge is 2.14. The van der Waals surface area contributed by atoms with Gasteiger partial charge in [-0.1, -0.05) is 73.6 Å². The Bertz CT molecular complexity index is 552. The molecule has 0 spiro atoms. The molecule has 0 amide bonds. The average Bonchev–Trinajstić information content (AvgIpc) is 2.56. The maximum Gasteiger partial charge on any atom is 0.122 e. The van der Waals surface area contributed by atoms with E-state index in [-0.39, 0.29) is 11.5 Å². The third kappa shape index (κ3) is 10.1. The third-order valence-corrected chi connectivity index (χ3v) is 5.91. The lowest BCUT2D eigenvalue weighted by molar-refractivity contribution is 0.307. The van der Waals surface area contributed by atoms with Crippen LogP contribution < -0.4 is 0 Å². The van der Waals surface area contributed by atoms with E-state index in [1.165, 1.54) is 51.0 Å². The van der Waals surface area contributed by atoms with Crippen molar-refractivity contribution < 1.29 is 10.2 Å². The second-order valence-electron chi connectivity index (χ2n) is 10.3.